The lowest BCUT2D eigenvalue weighted by molar-refractivity contribution is -0.137. The average molecular weight is 349 g/mol. The van der Waals surface area contributed by atoms with Gasteiger partial charge in [0.1, 0.15) is 11.5 Å². The van der Waals surface area contributed by atoms with Crippen LogP contribution in [-0.4, -0.2) is 25.0 Å². The van der Waals surface area contributed by atoms with E-state index in [0.29, 0.717) is 22.8 Å². The van der Waals surface area contributed by atoms with Gasteiger partial charge in [0.15, 0.2) is 0 Å². The van der Waals surface area contributed by atoms with Gasteiger partial charge in [-0.1, -0.05) is 17.3 Å². The number of nitrogens with one attached hydrogen (secondary N) is 1. The highest BCUT2D eigenvalue weighted by Gasteiger charge is 2.30. The fourth-order valence-electron chi connectivity index (χ4n) is 2.40. The molecule has 0 fully saturated rings. The number of aryl methyl sites for hydroxylation is 1. The molecule has 3 rings (SSSR count). The van der Waals surface area contributed by atoms with Crippen molar-refractivity contribution in [2.24, 2.45) is 0 Å². The molecule has 2 aromatic heterocycles. The number of halogens is 3. The SMILES string of the molecule is Cc1nc(-c2cn([C@@H](C)c3ccc(C(F)(F)F)cc3)nn2)cc(=O)[nH]1. The Hall–Kier alpha value is -2.97. The Morgan fingerprint density at radius 1 is 1.16 bits per heavy atom. The van der Waals surface area contributed by atoms with Crippen molar-refractivity contribution in [1.82, 2.24) is 25.0 Å². The summed E-state index contributed by atoms with van der Waals surface area (Å²) in [7, 11) is 0. The Bertz CT molecular complexity index is 943. The maximum absolute atomic E-state index is 12.6. The van der Waals surface area contributed by atoms with Crippen molar-refractivity contribution in [2.45, 2.75) is 26.1 Å². The fourth-order valence-corrected chi connectivity index (χ4v) is 2.40. The molecule has 0 unspecified atom stereocenters. The Morgan fingerprint density at radius 3 is 2.44 bits per heavy atom. The Labute approximate surface area is 140 Å². The van der Waals surface area contributed by atoms with E-state index in [0.717, 1.165) is 12.1 Å². The number of nitrogens with zero attached hydrogens (tertiary/aromatic N) is 4. The maximum Gasteiger partial charge on any atom is 0.416 e. The molecule has 0 amide bonds. The van der Waals surface area contributed by atoms with Gasteiger partial charge in [-0.25, -0.2) is 9.67 Å². The molecule has 25 heavy (non-hydrogen) atoms. The summed E-state index contributed by atoms with van der Waals surface area (Å²) in [5.41, 5.74) is 0.443. The van der Waals surface area contributed by atoms with E-state index in [9.17, 15) is 18.0 Å². The van der Waals surface area contributed by atoms with Crippen molar-refractivity contribution in [3.8, 4) is 11.4 Å². The van der Waals surface area contributed by atoms with Crippen LogP contribution in [0.25, 0.3) is 11.4 Å². The zero-order valence-corrected chi connectivity index (χ0v) is 13.4. The van der Waals surface area contributed by atoms with E-state index in [1.54, 1.807) is 20.0 Å². The Morgan fingerprint density at radius 2 is 1.84 bits per heavy atom. The van der Waals surface area contributed by atoms with E-state index < -0.39 is 11.7 Å². The normalized spacial score (nSPS) is 13.0. The van der Waals surface area contributed by atoms with Gasteiger partial charge in [0.05, 0.1) is 23.5 Å². The van der Waals surface area contributed by atoms with Crippen molar-refractivity contribution >= 4 is 0 Å². The molecule has 0 aliphatic carbocycles. The number of hydrogen-bond donors (Lipinski definition) is 1. The minimum absolute atomic E-state index is 0.298. The van der Waals surface area contributed by atoms with E-state index in [4.69, 9.17) is 0 Å². The topological polar surface area (TPSA) is 76.5 Å². The summed E-state index contributed by atoms with van der Waals surface area (Å²) in [5, 5.41) is 7.98. The lowest BCUT2D eigenvalue weighted by Crippen LogP contribution is -2.09. The number of alkyl halides is 3. The van der Waals surface area contributed by atoms with Crippen LogP contribution >= 0.6 is 0 Å². The Balaban J connectivity index is 1.87. The van der Waals surface area contributed by atoms with Crippen LogP contribution in [0.1, 0.15) is 29.9 Å². The van der Waals surface area contributed by atoms with Gasteiger partial charge in [-0.2, -0.15) is 13.2 Å². The molecule has 9 heteroatoms. The fraction of sp³-hybridized carbons (Fsp3) is 0.250. The van der Waals surface area contributed by atoms with Gasteiger partial charge >= 0.3 is 6.18 Å². The van der Waals surface area contributed by atoms with Crippen LogP contribution in [0, 0.1) is 6.92 Å². The first-order valence-electron chi connectivity index (χ1n) is 7.41. The van der Waals surface area contributed by atoms with Crippen LogP contribution in [0.4, 0.5) is 13.2 Å². The molecule has 1 atom stereocenters. The lowest BCUT2D eigenvalue weighted by atomic mass is 10.1. The van der Waals surface area contributed by atoms with Gasteiger partial charge in [0, 0.05) is 6.07 Å². The van der Waals surface area contributed by atoms with E-state index in [1.165, 1.54) is 22.9 Å². The first-order chi connectivity index (χ1) is 11.7. The van der Waals surface area contributed by atoms with Gasteiger partial charge in [0.25, 0.3) is 5.56 Å². The predicted octanol–water partition coefficient (Wildman–Crippen LogP) is 2.96. The average Bonchev–Trinajstić information content (AvgIpc) is 3.02. The van der Waals surface area contributed by atoms with Crippen LogP contribution in [0.3, 0.4) is 0 Å². The monoisotopic (exact) mass is 349 g/mol. The molecule has 0 bridgehead atoms. The van der Waals surface area contributed by atoms with Gasteiger partial charge in [-0.15, -0.1) is 5.10 Å². The predicted molar refractivity (Wildman–Crippen MR) is 83.9 cm³/mol. The minimum atomic E-state index is -4.37. The second kappa shape index (κ2) is 6.15. The second-order valence-electron chi connectivity index (χ2n) is 5.60. The number of hydrogen-bond acceptors (Lipinski definition) is 4. The molecule has 0 aliphatic rings. The van der Waals surface area contributed by atoms with Crippen molar-refractivity contribution in [3.05, 3.63) is 63.8 Å². The molecule has 0 radical (unpaired) electrons. The second-order valence-corrected chi connectivity index (χ2v) is 5.60. The zero-order valence-electron chi connectivity index (χ0n) is 13.4. The van der Waals surface area contributed by atoms with Gasteiger partial charge in [-0.3, -0.25) is 4.79 Å². The molecule has 6 nitrogen and oxygen atoms in total. The third-order valence-electron chi connectivity index (χ3n) is 3.75. The standard InChI is InChI=1S/C16H14F3N5O/c1-9(11-3-5-12(6-4-11)16(17,18)19)24-8-14(22-23-24)13-7-15(25)21-10(2)20-13/h3-9H,1-2H3,(H,20,21,25)/t9-/m0/s1. The quantitative estimate of drug-likeness (QED) is 0.789. The largest absolute Gasteiger partial charge is 0.416 e. The third-order valence-corrected chi connectivity index (χ3v) is 3.75. The van der Waals surface area contributed by atoms with Gasteiger partial charge in [-0.05, 0) is 31.5 Å². The van der Waals surface area contributed by atoms with Crippen molar-refractivity contribution in [2.75, 3.05) is 0 Å². The summed E-state index contributed by atoms with van der Waals surface area (Å²) in [5.74, 6) is 0.452. The van der Waals surface area contributed by atoms with Crippen LogP contribution in [0.15, 0.2) is 41.3 Å². The molecular weight excluding hydrogens is 335 g/mol. The van der Waals surface area contributed by atoms with Gasteiger partial charge in [0.2, 0.25) is 0 Å². The first kappa shape index (κ1) is 16.9. The maximum atomic E-state index is 12.6. The summed E-state index contributed by atoms with van der Waals surface area (Å²) >= 11 is 0. The van der Waals surface area contributed by atoms with Crippen molar-refractivity contribution < 1.29 is 13.2 Å². The van der Waals surface area contributed by atoms with E-state index in [2.05, 4.69) is 20.3 Å². The molecule has 0 spiro atoms. The first-order valence-corrected chi connectivity index (χ1v) is 7.41. The summed E-state index contributed by atoms with van der Waals surface area (Å²) < 4.78 is 39.4. The highest BCUT2D eigenvalue weighted by molar-refractivity contribution is 5.51. The van der Waals surface area contributed by atoms with Crippen molar-refractivity contribution in [3.63, 3.8) is 0 Å². The van der Waals surface area contributed by atoms with Crippen LogP contribution in [0.2, 0.25) is 0 Å². The summed E-state index contributed by atoms with van der Waals surface area (Å²) in [6.07, 6.45) is -2.77. The number of H-pyrrole nitrogens is 1. The number of aromatic nitrogens is 5. The van der Waals surface area contributed by atoms with E-state index in [1.807, 2.05) is 0 Å². The van der Waals surface area contributed by atoms with Crippen LogP contribution < -0.4 is 5.56 Å². The van der Waals surface area contributed by atoms with Gasteiger partial charge < -0.3 is 4.98 Å². The van der Waals surface area contributed by atoms with E-state index >= 15 is 0 Å². The highest BCUT2D eigenvalue weighted by atomic mass is 19.4. The Kier molecular flexibility index (Phi) is 4.15. The smallest absolute Gasteiger partial charge is 0.311 e. The molecule has 0 saturated carbocycles. The number of benzene rings is 1. The molecule has 1 aromatic carbocycles. The minimum Gasteiger partial charge on any atom is -0.311 e. The highest BCUT2D eigenvalue weighted by Crippen LogP contribution is 2.30. The lowest BCUT2D eigenvalue weighted by Gasteiger charge is -2.13. The molecule has 0 saturated heterocycles. The van der Waals surface area contributed by atoms with E-state index in [-0.39, 0.29) is 11.6 Å². The molecule has 2 heterocycles. The van der Waals surface area contributed by atoms with Crippen LogP contribution in [-0.2, 0) is 6.18 Å². The zero-order chi connectivity index (χ0) is 18.2. The van der Waals surface area contributed by atoms with Crippen LogP contribution in [0.5, 0.6) is 0 Å². The molecule has 3 aromatic rings. The summed E-state index contributed by atoms with van der Waals surface area (Å²) in [4.78, 5) is 18.2. The molecule has 130 valence electrons. The number of rotatable bonds is 3. The third kappa shape index (κ3) is 3.59. The molecule has 0 aliphatic heterocycles. The number of aromatic amines is 1. The molecule has 1 N–H and O–H groups in total. The summed E-state index contributed by atoms with van der Waals surface area (Å²) in [6.45, 7) is 3.44. The molecular formula is C16H14F3N5O. The summed E-state index contributed by atoms with van der Waals surface area (Å²) in [6, 6.07) is 5.86. The van der Waals surface area contributed by atoms with Crippen molar-refractivity contribution in [1.29, 1.82) is 0 Å².